The van der Waals surface area contributed by atoms with Crippen molar-refractivity contribution in [3.8, 4) is 0 Å². The Labute approximate surface area is 50.0 Å². The maximum absolute atomic E-state index is 9.13. The van der Waals surface area contributed by atoms with Gasteiger partial charge in [0.15, 0.2) is 0 Å². The minimum Gasteiger partial charge on any atom is -0.386 e. The summed E-state index contributed by atoms with van der Waals surface area (Å²) >= 11 is 0. The molecule has 0 aromatic heterocycles. The topological polar surface area (TPSA) is 46.2 Å². The first-order valence-corrected chi connectivity index (χ1v) is 2.68. The lowest BCUT2D eigenvalue weighted by molar-refractivity contribution is 0.105. The van der Waals surface area contributed by atoms with Crippen LogP contribution < -0.4 is 5.73 Å². The van der Waals surface area contributed by atoms with Crippen LogP contribution in [0.5, 0.6) is 0 Å². The predicted molar refractivity (Wildman–Crippen MR) is 34.5 cm³/mol. The maximum Gasteiger partial charge on any atom is 0.0809 e. The van der Waals surface area contributed by atoms with Crippen LogP contribution in [0, 0.1) is 0 Å². The van der Waals surface area contributed by atoms with Crippen molar-refractivity contribution < 1.29 is 5.11 Å². The van der Waals surface area contributed by atoms with Crippen LogP contribution in [0.15, 0.2) is 12.7 Å². The summed E-state index contributed by atoms with van der Waals surface area (Å²) in [7, 11) is 0. The Bertz CT molecular complexity index is 78.6. The van der Waals surface area contributed by atoms with Crippen molar-refractivity contribution in [2.45, 2.75) is 18.9 Å². The van der Waals surface area contributed by atoms with Crippen LogP contribution in [0.3, 0.4) is 0 Å². The van der Waals surface area contributed by atoms with Gasteiger partial charge in [-0.2, -0.15) is 0 Å². The molecule has 0 spiro atoms. The summed E-state index contributed by atoms with van der Waals surface area (Å²) in [6.45, 7) is 5.63. The first-order valence-electron chi connectivity index (χ1n) is 2.68. The van der Waals surface area contributed by atoms with Crippen molar-refractivity contribution >= 4 is 0 Å². The first-order chi connectivity index (χ1) is 3.62. The molecule has 0 saturated carbocycles. The molecule has 0 saturated heterocycles. The Morgan fingerprint density at radius 3 is 2.50 bits per heavy atom. The van der Waals surface area contributed by atoms with E-state index in [1.165, 1.54) is 6.08 Å². The lowest BCUT2D eigenvalue weighted by atomic mass is 10.0. The zero-order valence-corrected chi connectivity index (χ0v) is 5.22. The van der Waals surface area contributed by atoms with Gasteiger partial charge in [0.25, 0.3) is 0 Å². The fourth-order valence-electron chi connectivity index (χ4n) is 0.394. The number of hydrogen-bond donors (Lipinski definition) is 2. The minimum absolute atomic E-state index is 0.499. The second kappa shape index (κ2) is 2.84. The third kappa shape index (κ3) is 2.77. The van der Waals surface area contributed by atoms with E-state index >= 15 is 0 Å². The Morgan fingerprint density at radius 2 is 2.38 bits per heavy atom. The Morgan fingerprint density at radius 1 is 1.88 bits per heavy atom. The van der Waals surface area contributed by atoms with Gasteiger partial charge in [0.2, 0.25) is 0 Å². The molecule has 0 aromatic carbocycles. The summed E-state index contributed by atoms with van der Waals surface area (Å²) in [5.41, 5.74) is 4.41. The SMILES string of the molecule is C=CC(C)(O)CCN. The van der Waals surface area contributed by atoms with Crippen LogP contribution >= 0.6 is 0 Å². The van der Waals surface area contributed by atoms with Crippen molar-refractivity contribution in [2.24, 2.45) is 5.73 Å². The summed E-state index contributed by atoms with van der Waals surface area (Å²) in [5, 5.41) is 9.13. The molecule has 2 heteroatoms. The van der Waals surface area contributed by atoms with E-state index in [2.05, 4.69) is 6.58 Å². The Kier molecular flexibility index (Phi) is 2.72. The van der Waals surface area contributed by atoms with Crippen molar-refractivity contribution in [2.75, 3.05) is 6.54 Å². The fourth-order valence-corrected chi connectivity index (χ4v) is 0.394. The van der Waals surface area contributed by atoms with Gasteiger partial charge in [0.05, 0.1) is 5.60 Å². The third-order valence-electron chi connectivity index (χ3n) is 1.09. The molecule has 2 nitrogen and oxygen atoms in total. The van der Waals surface area contributed by atoms with E-state index < -0.39 is 5.60 Å². The molecule has 0 aliphatic heterocycles. The van der Waals surface area contributed by atoms with Crippen LogP contribution in [0.2, 0.25) is 0 Å². The van der Waals surface area contributed by atoms with Gasteiger partial charge < -0.3 is 10.8 Å². The molecule has 0 bridgehead atoms. The zero-order valence-electron chi connectivity index (χ0n) is 5.22. The fraction of sp³-hybridized carbons (Fsp3) is 0.667. The van der Waals surface area contributed by atoms with Gasteiger partial charge >= 0.3 is 0 Å². The first kappa shape index (κ1) is 7.66. The average molecular weight is 115 g/mol. The molecule has 0 heterocycles. The van der Waals surface area contributed by atoms with Crippen LogP contribution in [-0.4, -0.2) is 17.3 Å². The van der Waals surface area contributed by atoms with E-state index in [4.69, 9.17) is 10.8 Å². The van der Waals surface area contributed by atoms with Crippen LogP contribution in [0.1, 0.15) is 13.3 Å². The largest absolute Gasteiger partial charge is 0.386 e. The van der Waals surface area contributed by atoms with Crippen LogP contribution in [0.25, 0.3) is 0 Å². The minimum atomic E-state index is -0.769. The molecular formula is C6H13NO. The van der Waals surface area contributed by atoms with Gasteiger partial charge in [0, 0.05) is 0 Å². The molecule has 0 amide bonds. The second-order valence-corrected chi connectivity index (χ2v) is 2.10. The lowest BCUT2D eigenvalue weighted by Gasteiger charge is -2.15. The molecule has 8 heavy (non-hydrogen) atoms. The summed E-state index contributed by atoms with van der Waals surface area (Å²) in [6, 6.07) is 0. The molecule has 0 aromatic rings. The normalized spacial score (nSPS) is 17.4. The average Bonchev–Trinajstić information content (AvgIpc) is 1.67. The van der Waals surface area contributed by atoms with Gasteiger partial charge in [-0.05, 0) is 19.9 Å². The quantitative estimate of drug-likeness (QED) is 0.519. The summed E-state index contributed by atoms with van der Waals surface area (Å²) in [6.07, 6.45) is 2.08. The van der Waals surface area contributed by atoms with Gasteiger partial charge in [-0.15, -0.1) is 6.58 Å². The van der Waals surface area contributed by atoms with Crippen molar-refractivity contribution in [1.82, 2.24) is 0 Å². The molecule has 48 valence electrons. The van der Waals surface area contributed by atoms with Gasteiger partial charge in [-0.3, -0.25) is 0 Å². The van der Waals surface area contributed by atoms with Crippen molar-refractivity contribution in [3.63, 3.8) is 0 Å². The molecule has 0 aliphatic rings. The Hall–Kier alpha value is -0.340. The van der Waals surface area contributed by atoms with Gasteiger partial charge in [0.1, 0.15) is 0 Å². The van der Waals surface area contributed by atoms with Gasteiger partial charge in [-0.25, -0.2) is 0 Å². The molecule has 0 aliphatic carbocycles. The lowest BCUT2D eigenvalue weighted by Crippen LogP contribution is -2.24. The van der Waals surface area contributed by atoms with Gasteiger partial charge in [-0.1, -0.05) is 6.08 Å². The van der Waals surface area contributed by atoms with Crippen LogP contribution in [0.4, 0.5) is 0 Å². The molecule has 1 unspecified atom stereocenters. The van der Waals surface area contributed by atoms with Crippen molar-refractivity contribution in [1.29, 1.82) is 0 Å². The highest BCUT2D eigenvalue weighted by Gasteiger charge is 2.12. The Balaban J connectivity index is 3.53. The van der Waals surface area contributed by atoms with E-state index in [1.54, 1.807) is 6.92 Å². The number of nitrogens with two attached hydrogens (primary N) is 1. The smallest absolute Gasteiger partial charge is 0.0809 e. The summed E-state index contributed by atoms with van der Waals surface area (Å²) in [5.74, 6) is 0. The van der Waals surface area contributed by atoms with E-state index in [9.17, 15) is 0 Å². The highest BCUT2D eigenvalue weighted by atomic mass is 16.3. The van der Waals surface area contributed by atoms with E-state index in [-0.39, 0.29) is 0 Å². The zero-order chi connectivity index (χ0) is 6.62. The van der Waals surface area contributed by atoms with E-state index in [0.717, 1.165) is 0 Å². The molecule has 1 atom stereocenters. The standard InChI is InChI=1S/C6H13NO/c1-3-6(2,8)4-5-7/h3,8H,1,4-5,7H2,2H3. The van der Waals surface area contributed by atoms with Crippen molar-refractivity contribution in [3.05, 3.63) is 12.7 Å². The van der Waals surface area contributed by atoms with E-state index in [1.807, 2.05) is 0 Å². The number of aliphatic hydroxyl groups is 1. The molecule has 0 rings (SSSR count). The predicted octanol–water partition coefficient (Wildman–Crippen LogP) is 0.272. The van der Waals surface area contributed by atoms with Crippen LogP contribution in [-0.2, 0) is 0 Å². The van der Waals surface area contributed by atoms with E-state index in [0.29, 0.717) is 13.0 Å². The second-order valence-electron chi connectivity index (χ2n) is 2.10. The molecule has 3 N–H and O–H groups in total. The monoisotopic (exact) mass is 115 g/mol. The third-order valence-corrected chi connectivity index (χ3v) is 1.09. The summed E-state index contributed by atoms with van der Waals surface area (Å²) < 4.78 is 0. The molecular weight excluding hydrogens is 102 g/mol. The maximum atomic E-state index is 9.13. The number of hydrogen-bond acceptors (Lipinski definition) is 2. The molecule has 0 radical (unpaired) electrons. The highest BCUT2D eigenvalue weighted by molar-refractivity contribution is 4.91. The number of rotatable bonds is 3. The molecule has 0 fully saturated rings. The summed E-state index contributed by atoms with van der Waals surface area (Å²) in [4.78, 5) is 0. The highest BCUT2D eigenvalue weighted by Crippen LogP contribution is 2.07.